The van der Waals surface area contributed by atoms with E-state index in [1.165, 1.54) is 63.8 Å². The number of para-hydroxylation sites is 4. The molecule has 0 atom stereocenters. The van der Waals surface area contributed by atoms with E-state index >= 15 is 0 Å². The molecule has 12 aromatic rings. The van der Waals surface area contributed by atoms with Gasteiger partial charge in [0.25, 0.3) is 0 Å². The fourth-order valence-electron chi connectivity index (χ4n) is 8.67. The molecule has 0 unspecified atom stereocenters. The van der Waals surface area contributed by atoms with Gasteiger partial charge in [-0.1, -0.05) is 146 Å². The molecule has 0 aliphatic carbocycles. The number of hydrogen-bond acceptors (Lipinski definition) is 4. The Morgan fingerprint density at radius 1 is 0.351 bits per heavy atom. The number of benzene rings is 8. The fraction of sp³-hybridized carbons (Fsp3) is 0. The number of nitrogens with zero attached hydrogens (tertiary/aromatic N) is 5. The molecular formula is C51H31N5S. The van der Waals surface area contributed by atoms with Crippen molar-refractivity contribution in [3.05, 3.63) is 188 Å². The van der Waals surface area contributed by atoms with Crippen LogP contribution in [-0.2, 0) is 0 Å². The van der Waals surface area contributed by atoms with Gasteiger partial charge in [0.1, 0.15) is 0 Å². The van der Waals surface area contributed by atoms with Crippen LogP contribution in [0.2, 0.25) is 0 Å². The topological polar surface area (TPSA) is 48.5 Å². The summed E-state index contributed by atoms with van der Waals surface area (Å²) in [7, 11) is 0. The molecule has 4 heterocycles. The fourth-order valence-corrected chi connectivity index (χ4v) is 9.82. The molecule has 5 nitrogen and oxygen atoms in total. The highest BCUT2D eigenvalue weighted by Crippen LogP contribution is 2.46. The van der Waals surface area contributed by atoms with Crippen LogP contribution in [0.15, 0.2) is 188 Å². The van der Waals surface area contributed by atoms with E-state index in [1.807, 2.05) is 72.0 Å². The Labute approximate surface area is 331 Å². The molecule has 8 aromatic carbocycles. The predicted molar refractivity (Wildman–Crippen MR) is 238 cm³/mol. The first-order chi connectivity index (χ1) is 28.3. The molecule has 0 fully saturated rings. The highest BCUT2D eigenvalue weighted by Gasteiger charge is 2.23. The van der Waals surface area contributed by atoms with Crippen LogP contribution in [0.1, 0.15) is 0 Å². The maximum Gasteiger partial charge on any atom is 0.164 e. The Morgan fingerprint density at radius 2 is 0.877 bits per heavy atom. The van der Waals surface area contributed by atoms with Gasteiger partial charge in [0.15, 0.2) is 17.5 Å². The molecule has 0 radical (unpaired) electrons. The Morgan fingerprint density at radius 3 is 1.53 bits per heavy atom. The van der Waals surface area contributed by atoms with Gasteiger partial charge in [-0.2, -0.15) is 0 Å². The Bertz CT molecular complexity index is 3400. The van der Waals surface area contributed by atoms with E-state index in [1.54, 1.807) is 0 Å². The van der Waals surface area contributed by atoms with Gasteiger partial charge in [0.05, 0.1) is 27.8 Å². The van der Waals surface area contributed by atoms with Crippen molar-refractivity contribution in [1.29, 1.82) is 0 Å². The van der Waals surface area contributed by atoms with E-state index < -0.39 is 0 Å². The molecule has 0 bridgehead atoms. The Balaban J connectivity index is 1.13. The van der Waals surface area contributed by atoms with Crippen molar-refractivity contribution in [1.82, 2.24) is 24.1 Å². The maximum absolute atomic E-state index is 5.05. The van der Waals surface area contributed by atoms with E-state index in [2.05, 4.69) is 137 Å². The standard InChI is InChI=1S/C51H31N5S/c1-4-15-32(16-5-1)49-52-50(33-17-6-2-7-18-33)54-51(53-49)34-27-28-40-45(31-34)57-44-30-29-39-38-23-14-26-43(47(38)55(48(39)46(40)44)35-19-8-3-9-20-35)56-41-24-12-10-21-36(41)37-22-11-13-25-42(37)56/h1-31H. The zero-order valence-electron chi connectivity index (χ0n) is 30.5. The molecule has 0 N–H and O–H groups in total. The van der Waals surface area contributed by atoms with Crippen molar-refractivity contribution in [2.45, 2.75) is 0 Å². The molecule has 0 spiro atoms. The maximum atomic E-state index is 5.05. The lowest BCUT2D eigenvalue weighted by Gasteiger charge is -2.14. The molecule has 0 saturated heterocycles. The zero-order chi connectivity index (χ0) is 37.5. The van der Waals surface area contributed by atoms with Crippen molar-refractivity contribution in [2.24, 2.45) is 0 Å². The average molecular weight is 746 g/mol. The van der Waals surface area contributed by atoms with E-state index in [0.717, 1.165) is 28.1 Å². The summed E-state index contributed by atoms with van der Waals surface area (Å²) < 4.78 is 7.36. The summed E-state index contributed by atoms with van der Waals surface area (Å²) in [6.07, 6.45) is 0. The number of hydrogen-bond donors (Lipinski definition) is 0. The summed E-state index contributed by atoms with van der Waals surface area (Å²) in [5.74, 6) is 1.97. The summed E-state index contributed by atoms with van der Waals surface area (Å²) in [5.41, 5.74) is 9.92. The molecule has 0 aliphatic heterocycles. The second-order valence-corrected chi connectivity index (χ2v) is 15.5. The van der Waals surface area contributed by atoms with Gasteiger partial charge in [-0.3, -0.25) is 0 Å². The monoisotopic (exact) mass is 745 g/mol. The van der Waals surface area contributed by atoms with E-state index in [0.29, 0.717) is 17.5 Å². The largest absolute Gasteiger partial charge is 0.307 e. The number of fused-ring (bicyclic) bond motifs is 10. The summed E-state index contributed by atoms with van der Waals surface area (Å²) in [5, 5.41) is 7.41. The van der Waals surface area contributed by atoms with Crippen molar-refractivity contribution in [3.63, 3.8) is 0 Å². The number of rotatable bonds is 5. The van der Waals surface area contributed by atoms with Crippen LogP contribution in [-0.4, -0.2) is 24.1 Å². The quantitative estimate of drug-likeness (QED) is 0.176. The first kappa shape index (κ1) is 31.9. The third-order valence-corrected chi connectivity index (χ3v) is 12.3. The first-order valence-corrected chi connectivity index (χ1v) is 19.9. The molecule has 266 valence electrons. The minimum absolute atomic E-state index is 0.654. The van der Waals surface area contributed by atoms with Gasteiger partial charge in [-0.05, 0) is 42.5 Å². The van der Waals surface area contributed by atoms with Crippen LogP contribution in [0.3, 0.4) is 0 Å². The third-order valence-electron chi connectivity index (χ3n) is 11.2. The van der Waals surface area contributed by atoms with Crippen molar-refractivity contribution in [2.75, 3.05) is 0 Å². The number of aromatic nitrogens is 5. The lowest BCUT2D eigenvalue weighted by atomic mass is 10.1. The molecule has 0 saturated carbocycles. The van der Waals surface area contributed by atoms with Gasteiger partial charge in [-0.25, -0.2) is 15.0 Å². The van der Waals surface area contributed by atoms with Crippen LogP contribution in [0.4, 0.5) is 0 Å². The Kier molecular flexibility index (Phi) is 7.03. The lowest BCUT2D eigenvalue weighted by molar-refractivity contribution is 1.07. The SMILES string of the molecule is c1ccc(-c2nc(-c3ccccc3)nc(-c3ccc4c(c3)sc3ccc5c6cccc(-n7c8ccccc8c8ccccc87)c6n(-c6ccccc6)c5c34)n2)cc1. The molecule has 4 aromatic heterocycles. The number of thiophene rings is 1. The van der Waals surface area contributed by atoms with Crippen molar-refractivity contribution >= 4 is 75.1 Å². The van der Waals surface area contributed by atoms with Gasteiger partial charge >= 0.3 is 0 Å². The van der Waals surface area contributed by atoms with Crippen LogP contribution in [0.5, 0.6) is 0 Å². The van der Waals surface area contributed by atoms with Crippen LogP contribution >= 0.6 is 11.3 Å². The Hall–Kier alpha value is -7.41. The highest BCUT2D eigenvalue weighted by atomic mass is 32.1. The van der Waals surface area contributed by atoms with Gasteiger partial charge in [0, 0.05) is 64.1 Å². The van der Waals surface area contributed by atoms with Crippen LogP contribution < -0.4 is 0 Å². The average Bonchev–Trinajstić information content (AvgIpc) is 3.94. The minimum atomic E-state index is 0.654. The van der Waals surface area contributed by atoms with Crippen molar-refractivity contribution < 1.29 is 0 Å². The summed E-state index contributed by atoms with van der Waals surface area (Å²) in [6.45, 7) is 0. The summed E-state index contributed by atoms with van der Waals surface area (Å²) in [6, 6.07) is 66.7. The van der Waals surface area contributed by atoms with Crippen molar-refractivity contribution in [3.8, 4) is 45.5 Å². The molecule has 57 heavy (non-hydrogen) atoms. The van der Waals surface area contributed by atoms with Gasteiger partial charge in [-0.15, -0.1) is 11.3 Å². The normalized spacial score (nSPS) is 11.9. The van der Waals surface area contributed by atoms with Gasteiger partial charge < -0.3 is 9.13 Å². The summed E-state index contributed by atoms with van der Waals surface area (Å²) in [4.78, 5) is 15.0. The lowest BCUT2D eigenvalue weighted by Crippen LogP contribution is -2.00. The van der Waals surface area contributed by atoms with Gasteiger partial charge in [0.2, 0.25) is 0 Å². The summed E-state index contributed by atoms with van der Waals surface area (Å²) >= 11 is 1.82. The van der Waals surface area contributed by atoms with E-state index in [4.69, 9.17) is 15.0 Å². The molecule has 0 aliphatic rings. The predicted octanol–water partition coefficient (Wildman–Crippen LogP) is 13.4. The smallest absolute Gasteiger partial charge is 0.164 e. The first-order valence-electron chi connectivity index (χ1n) is 19.1. The van der Waals surface area contributed by atoms with E-state index in [9.17, 15) is 0 Å². The highest BCUT2D eigenvalue weighted by molar-refractivity contribution is 7.26. The minimum Gasteiger partial charge on any atom is -0.307 e. The van der Waals surface area contributed by atoms with E-state index in [-0.39, 0.29) is 0 Å². The molecule has 12 rings (SSSR count). The molecule has 6 heteroatoms. The second-order valence-electron chi connectivity index (χ2n) is 14.4. The molecular weight excluding hydrogens is 715 g/mol. The zero-order valence-corrected chi connectivity index (χ0v) is 31.4. The molecule has 0 amide bonds. The second kappa shape index (κ2) is 12.6. The third kappa shape index (κ3) is 4.91. The van der Waals surface area contributed by atoms with Crippen LogP contribution in [0.25, 0.3) is 109 Å². The van der Waals surface area contributed by atoms with Crippen LogP contribution in [0, 0.1) is 0 Å².